The van der Waals surface area contributed by atoms with Gasteiger partial charge in [0.15, 0.2) is 6.10 Å². The lowest BCUT2D eigenvalue weighted by Gasteiger charge is -2.18. The first-order chi connectivity index (χ1) is 41.0. The highest BCUT2D eigenvalue weighted by Crippen LogP contribution is 2.18. The van der Waals surface area contributed by atoms with E-state index in [0.717, 1.165) is 89.9 Å². The van der Waals surface area contributed by atoms with E-state index in [9.17, 15) is 14.4 Å². The van der Waals surface area contributed by atoms with E-state index in [4.69, 9.17) is 14.2 Å². The molecule has 1 atom stereocenters. The van der Waals surface area contributed by atoms with E-state index in [1.54, 1.807) is 0 Å². The van der Waals surface area contributed by atoms with Crippen molar-refractivity contribution in [3.05, 3.63) is 72.9 Å². The highest BCUT2D eigenvalue weighted by molar-refractivity contribution is 5.71. The van der Waals surface area contributed by atoms with Crippen molar-refractivity contribution >= 4 is 17.9 Å². The molecule has 0 saturated carbocycles. The number of carbonyl (C=O) groups is 3. The van der Waals surface area contributed by atoms with E-state index in [1.807, 2.05) is 0 Å². The lowest BCUT2D eigenvalue weighted by atomic mass is 10.0. The van der Waals surface area contributed by atoms with E-state index in [2.05, 4.69) is 93.7 Å². The van der Waals surface area contributed by atoms with Crippen LogP contribution in [0.2, 0.25) is 0 Å². The average molecular weight is 1160 g/mol. The maximum atomic E-state index is 13.0. The Morgan fingerprint density at radius 3 is 0.759 bits per heavy atom. The number of allylic oxidation sites excluding steroid dienone is 12. The first kappa shape index (κ1) is 79.8. The fourth-order valence-electron chi connectivity index (χ4n) is 10.7. The lowest BCUT2D eigenvalue weighted by molar-refractivity contribution is -0.167. The van der Waals surface area contributed by atoms with Crippen LogP contribution in [0.3, 0.4) is 0 Å². The molecule has 0 bridgehead atoms. The maximum absolute atomic E-state index is 13.0. The van der Waals surface area contributed by atoms with Gasteiger partial charge in [0.2, 0.25) is 0 Å². The van der Waals surface area contributed by atoms with Gasteiger partial charge in [-0.3, -0.25) is 14.4 Å². The largest absolute Gasteiger partial charge is 0.462 e. The number of unbranched alkanes of at least 4 members (excludes halogenated alkanes) is 44. The minimum absolute atomic E-state index is 0.0746. The van der Waals surface area contributed by atoms with Crippen molar-refractivity contribution in [3.63, 3.8) is 0 Å². The highest BCUT2D eigenvalue weighted by atomic mass is 16.6. The molecular formula is C77H138O6. The van der Waals surface area contributed by atoms with Gasteiger partial charge in [-0.05, 0) is 109 Å². The van der Waals surface area contributed by atoms with E-state index >= 15 is 0 Å². The van der Waals surface area contributed by atoms with Crippen LogP contribution in [0, 0.1) is 0 Å². The second-order valence-corrected chi connectivity index (χ2v) is 24.5. The predicted molar refractivity (Wildman–Crippen MR) is 362 cm³/mol. The zero-order valence-corrected chi connectivity index (χ0v) is 55.5. The summed E-state index contributed by atoms with van der Waals surface area (Å²) in [5.41, 5.74) is 0. The summed E-state index contributed by atoms with van der Waals surface area (Å²) in [6, 6.07) is 0. The Labute approximate surface area is 516 Å². The number of hydrogen-bond acceptors (Lipinski definition) is 6. The van der Waals surface area contributed by atoms with Crippen molar-refractivity contribution in [1.29, 1.82) is 0 Å². The molecule has 0 heterocycles. The normalized spacial score (nSPS) is 12.5. The van der Waals surface area contributed by atoms with Crippen LogP contribution in [0.4, 0.5) is 0 Å². The van der Waals surface area contributed by atoms with Crippen LogP contribution in [0.15, 0.2) is 72.9 Å². The summed E-state index contributed by atoms with van der Waals surface area (Å²) >= 11 is 0. The standard InChI is InChI=1S/C77H138O6/c1-4-7-10-13-16-19-22-25-27-29-31-33-35-37-38-40-41-43-45-47-49-52-55-58-61-64-67-70-76(79)82-73-74(72-81-75(78)69-66-63-60-57-54-51-24-21-18-15-12-9-6-3)83-77(80)71-68-65-62-59-56-53-50-48-46-44-42-39-36-34-32-30-28-26-23-20-17-14-11-8-5-2/h7,10,16,19,21,24-25,27,30-33,74H,4-6,8-9,11-15,17-18,20,22-23,26,28-29,34-73H2,1-3H3/b10-7-,19-16-,24-21-,27-25-,32-30-,33-31-. The minimum Gasteiger partial charge on any atom is -0.462 e. The lowest BCUT2D eigenvalue weighted by Crippen LogP contribution is -2.30. The fourth-order valence-corrected chi connectivity index (χ4v) is 10.7. The maximum Gasteiger partial charge on any atom is 0.306 e. The summed E-state index contributed by atoms with van der Waals surface area (Å²) in [5, 5.41) is 0. The van der Waals surface area contributed by atoms with Gasteiger partial charge in [0, 0.05) is 19.3 Å². The Kier molecular flexibility index (Phi) is 68.6. The zero-order chi connectivity index (χ0) is 59.9. The second-order valence-electron chi connectivity index (χ2n) is 24.5. The minimum atomic E-state index is -0.779. The Morgan fingerprint density at radius 1 is 0.253 bits per heavy atom. The third-order valence-electron chi connectivity index (χ3n) is 16.2. The van der Waals surface area contributed by atoms with E-state index in [-0.39, 0.29) is 31.1 Å². The van der Waals surface area contributed by atoms with Crippen LogP contribution in [0.1, 0.15) is 380 Å². The van der Waals surface area contributed by atoms with E-state index in [0.29, 0.717) is 19.3 Å². The molecule has 0 aromatic rings. The molecule has 0 radical (unpaired) electrons. The Balaban J connectivity index is 4.24. The van der Waals surface area contributed by atoms with E-state index < -0.39 is 6.10 Å². The Hall–Kier alpha value is -3.15. The molecule has 482 valence electrons. The summed E-state index contributed by atoms with van der Waals surface area (Å²) in [4.78, 5) is 38.5. The van der Waals surface area contributed by atoms with Gasteiger partial charge in [0.05, 0.1) is 0 Å². The summed E-state index contributed by atoms with van der Waals surface area (Å²) in [6.45, 7) is 6.56. The first-order valence-corrected chi connectivity index (χ1v) is 36.4. The molecule has 0 aromatic heterocycles. The smallest absolute Gasteiger partial charge is 0.306 e. The fraction of sp³-hybridized carbons (Fsp3) is 0.805. The molecule has 1 unspecified atom stereocenters. The predicted octanol–water partition coefficient (Wildman–Crippen LogP) is 25.2. The number of rotatable bonds is 67. The molecule has 0 saturated heterocycles. The number of ether oxygens (including phenoxy) is 3. The van der Waals surface area contributed by atoms with Crippen molar-refractivity contribution < 1.29 is 28.6 Å². The van der Waals surface area contributed by atoms with Crippen LogP contribution in [-0.2, 0) is 28.6 Å². The SMILES string of the molecule is CC/C=C\C/C=C\C/C=C\C/C=C\CCCCCCCCCCCCCCCCC(=O)OCC(COC(=O)CCCCCCC/C=C\CCCCCC)OC(=O)CCCCCCCCCCCCCCC/C=C\CCCCCCCCCC. The van der Waals surface area contributed by atoms with Crippen LogP contribution in [0.25, 0.3) is 0 Å². The number of hydrogen-bond donors (Lipinski definition) is 0. The van der Waals surface area contributed by atoms with Crippen LogP contribution in [-0.4, -0.2) is 37.2 Å². The van der Waals surface area contributed by atoms with Gasteiger partial charge in [-0.1, -0.05) is 325 Å². The topological polar surface area (TPSA) is 78.9 Å². The molecule has 0 rings (SSSR count). The van der Waals surface area contributed by atoms with Crippen molar-refractivity contribution in [1.82, 2.24) is 0 Å². The molecule has 0 N–H and O–H groups in total. The second kappa shape index (κ2) is 71.3. The monoisotopic (exact) mass is 1160 g/mol. The van der Waals surface area contributed by atoms with E-state index in [1.165, 1.54) is 250 Å². The number of carbonyl (C=O) groups excluding carboxylic acids is 3. The molecule has 0 aromatic carbocycles. The van der Waals surface area contributed by atoms with Crippen molar-refractivity contribution in [3.8, 4) is 0 Å². The summed E-state index contributed by atoms with van der Waals surface area (Å²) in [6.07, 6.45) is 93.7. The molecule has 0 spiro atoms. The molecule has 0 amide bonds. The highest BCUT2D eigenvalue weighted by Gasteiger charge is 2.19. The van der Waals surface area contributed by atoms with Crippen molar-refractivity contribution in [2.24, 2.45) is 0 Å². The van der Waals surface area contributed by atoms with Crippen LogP contribution in [0.5, 0.6) is 0 Å². The van der Waals surface area contributed by atoms with Gasteiger partial charge < -0.3 is 14.2 Å². The van der Waals surface area contributed by atoms with Crippen LogP contribution >= 0.6 is 0 Å². The molecule has 0 aliphatic heterocycles. The molecule has 0 fully saturated rings. The van der Waals surface area contributed by atoms with Crippen molar-refractivity contribution in [2.75, 3.05) is 13.2 Å². The first-order valence-electron chi connectivity index (χ1n) is 36.4. The third kappa shape index (κ3) is 69.5. The van der Waals surface area contributed by atoms with Gasteiger partial charge in [0.25, 0.3) is 0 Å². The molecular weight excluding hydrogens is 1020 g/mol. The molecule has 0 aliphatic carbocycles. The molecule has 6 heteroatoms. The molecule has 0 aliphatic rings. The Morgan fingerprint density at radius 2 is 0.470 bits per heavy atom. The summed E-state index contributed by atoms with van der Waals surface area (Å²) < 4.78 is 17.0. The summed E-state index contributed by atoms with van der Waals surface area (Å²) in [5.74, 6) is -0.862. The van der Waals surface area contributed by atoms with Gasteiger partial charge in [-0.25, -0.2) is 0 Å². The van der Waals surface area contributed by atoms with Crippen LogP contribution < -0.4 is 0 Å². The van der Waals surface area contributed by atoms with Gasteiger partial charge in [-0.15, -0.1) is 0 Å². The van der Waals surface area contributed by atoms with Crippen molar-refractivity contribution in [2.45, 2.75) is 386 Å². The van der Waals surface area contributed by atoms with Gasteiger partial charge in [-0.2, -0.15) is 0 Å². The quantitative estimate of drug-likeness (QED) is 0.0261. The van der Waals surface area contributed by atoms with Gasteiger partial charge in [0.1, 0.15) is 13.2 Å². The average Bonchev–Trinajstić information content (AvgIpc) is 3.49. The third-order valence-corrected chi connectivity index (χ3v) is 16.2. The Bertz CT molecular complexity index is 1520. The number of esters is 3. The van der Waals surface area contributed by atoms with Gasteiger partial charge >= 0.3 is 17.9 Å². The molecule has 6 nitrogen and oxygen atoms in total. The zero-order valence-electron chi connectivity index (χ0n) is 55.5. The molecule has 83 heavy (non-hydrogen) atoms. The summed E-state index contributed by atoms with van der Waals surface area (Å²) in [7, 11) is 0.